The second kappa shape index (κ2) is 8.62. The van der Waals surface area contributed by atoms with Crippen molar-refractivity contribution in [2.24, 2.45) is 0 Å². The van der Waals surface area contributed by atoms with Gasteiger partial charge in [0.25, 0.3) is 6.43 Å². The number of rotatable bonds is 6. The zero-order valence-corrected chi connectivity index (χ0v) is 14.9. The number of carbonyl (C=O) groups is 1. The lowest BCUT2D eigenvalue weighted by Gasteiger charge is -2.20. The van der Waals surface area contributed by atoms with Gasteiger partial charge in [0.15, 0.2) is 0 Å². The van der Waals surface area contributed by atoms with Crippen molar-refractivity contribution >= 4 is 11.7 Å². The van der Waals surface area contributed by atoms with Crippen LogP contribution in [0, 0.1) is 6.92 Å². The molecule has 0 saturated carbocycles. The molecule has 0 unspecified atom stereocenters. The number of alkyl halides is 2. The van der Waals surface area contributed by atoms with E-state index >= 15 is 0 Å². The number of ether oxygens (including phenoxy) is 1. The summed E-state index contributed by atoms with van der Waals surface area (Å²) in [5.74, 6) is 0.649. The summed E-state index contributed by atoms with van der Waals surface area (Å²) in [6, 6.07) is 8.71. The number of hydrogen-bond acceptors (Lipinski definition) is 3. The Balaban J connectivity index is 2.29. The lowest BCUT2D eigenvalue weighted by Crippen LogP contribution is -2.36. The quantitative estimate of drug-likeness (QED) is 0.581. The molecule has 2 rings (SSSR count). The molecule has 2 aromatic rings. The fourth-order valence-electron chi connectivity index (χ4n) is 2.50. The van der Waals surface area contributed by atoms with E-state index in [1.807, 2.05) is 25.1 Å². The highest BCUT2D eigenvalue weighted by Crippen LogP contribution is 2.29. The molecule has 0 aliphatic heterocycles. The smallest absolute Gasteiger partial charge is 0.345 e. The predicted molar refractivity (Wildman–Crippen MR) is 95.0 cm³/mol. The maximum Gasteiger partial charge on any atom is 0.345 e. The number of nitrogens with zero attached hydrogens (tertiary/aromatic N) is 1. The molecule has 0 heterocycles. The molecule has 0 aromatic heterocycles. The fourth-order valence-corrected chi connectivity index (χ4v) is 2.50. The minimum absolute atomic E-state index is 0.0131. The van der Waals surface area contributed by atoms with Gasteiger partial charge < -0.3 is 10.1 Å². The van der Waals surface area contributed by atoms with Gasteiger partial charge in [-0.05, 0) is 36.6 Å². The summed E-state index contributed by atoms with van der Waals surface area (Å²) in [5.41, 5.74) is 2.18. The van der Waals surface area contributed by atoms with Gasteiger partial charge in [0.2, 0.25) is 0 Å². The summed E-state index contributed by atoms with van der Waals surface area (Å²) in [6.45, 7) is 3.98. The Hall–Kier alpha value is -2.67. The Morgan fingerprint density at radius 3 is 2.58 bits per heavy atom. The minimum Gasteiger partial charge on any atom is -0.489 e. The molecule has 0 aliphatic carbocycles. The summed E-state index contributed by atoms with van der Waals surface area (Å²) in [7, 11) is 1.33. The lowest BCUT2D eigenvalue weighted by molar-refractivity contribution is 0.151. The molecule has 0 atom stereocenters. The Bertz CT molecular complexity index is 781. The molecule has 7 heteroatoms. The van der Waals surface area contributed by atoms with Crippen LogP contribution in [0.2, 0.25) is 0 Å². The monoisotopic (exact) mass is 364 g/mol. The van der Waals surface area contributed by atoms with Gasteiger partial charge in [-0.1, -0.05) is 31.2 Å². The van der Waals surface area contributed by atoms with E-state index in [0.29, 0.717) is 16.4 Å². The SMILES string of the molecule is CCc1ccc(OCc2ccc(C(F)F)cc2N(O)C(=O)NC)c(C)c1. The Morgan fingerprint density at radius 2 is 2.00 bits per heavy atom. The van der Waals surface area contributed by atoms with Crippen LogP contribution in [0.15, 0.2) is 36.4 Å². The van der Waals surface area contributed by atoms with Gasteiger partial charge >= 0.3 is 6.03 Å². The van der Waals surface area contributed by atoms with Crippen molar-refractivity contribution in [1.82, 2.24) is 5.32 Å². The van der Waals surface area contributed by atoms with Crippen LogP contribution < -0.4 is 15.1 Å². The molecule has 0 fully saturated rings. The van der Waals surface area contributed by atoms with Gasteiger partial charge in [-0.2, -0.15) is 5.06 Å². The van der Waals surface area contributed by atoms with Crippen molar-refractivity contribution < 1.29 is 23.5 Å². The Morgan fingerprint density at radius 1 is 1.27 bits per heavy atom. The molecular weight excluding hydrogens is 342 g/mol. The van der Waals surface area contributed by atoms with Crippen LogP contribution in [0.1, 0.15) is 35.6 Å². The number of aryl methyl sites for hydroxylation is 2. The Labute approximate surface area is 151 Å². The van der Waals surface area contributed by atoms with E-state index in [4.69, 9.17) is 4.74 Å². The number of nitrogens with one attached hydrogen (secondary N) is 1. The number of hydrogen-bond donors (Lipinski definition) is 2. The lowest BCUT2D eigenvalue weighted by atomic mass is 10.1. The Kier molecular flexibility index (Phi) is 6.52. The van der Waals surface area contributed by atoms with Crippen molar-refractivity contribution in [3.8, 4) is 5.75 Å². The first-order valence-electron chi connectivity index (χ1n) is 8.21. The van der Waals surface area contributed by atoms with Gasteiger partial charge in [0.1, 0.15) is 12.4 Å². The van der Waals surface area contributed by atoms with Crippen molar-refractivity contribution in [2.45, 2.75) is 33.3 Å². The average Bonchev–Trinajstić information content (AvgIpc) is 2.65. The molecule has 0 radical (unpaired) electrons. The van der Waals surface area contributed by atoms with Gasteiger partial charge in [-0.3, -0.25) is 5.21 Å². The van der Waals surface area contributed by atoms with Crippen LogP contribution in [0.25, 0.3) is 0 Å². The molecule has 0 spiro atoms. The number of halogens is 2. The van der Waals surface area contributed by atoms with E-state index in [1.165, 1.54) is 24.7 Å². The normalized spacial score (nSPS) is 10.7. The van der Waals surface area contributed by atoms with Crippen LogP contribution >= 0.6 is 0 Å². The molecular formula is C19H22F2N2O3. The summed E-state index contributed by atoms with van der Waals surface area (Å²) < 4.78 is 31.7. The van der Waals surface area contributed by atoms with E-state index in [9.17, 15) is 18.8 Å². The average molecular weight is 364 g/mol. The number of carbonyl (C=O) groups excluding carboxylic acids is 1. The second-order valence-corrected chi connectivity index (χ2v) is 5.80. The highest BCUT2D eigenvalue weighted by atomic mass is 19.3. The predicted octanol–water partition coefficient (Wildman–Crippen LogP) is 4.61. The number of anilines is 1. The van der Waals surface area contributed by atoms with Crippen molar-refractivity contribution in [2.75, 3.05) is 12.1 Å². The molecule has 2 aromatic carbocycles. The standard InChI is InChI=1S/C19H22F2N2O3/c1-4-13-5-8-17(12(2)9-13)26-11-15-7-6-14(18(20)21)10-16(15)23(25)19(24)22-3/h5-10,18,25H,4,11H2,1-3H3,(H,22,24). The molecule has 0 saturated heterocycles. The third-order valence-corrected chi connectivity index (χ3v) is 4.03. The number of amides is 2. The van der Waals surface area contributed by atoms with Crippen LogP contribution in [0.3, 0.4) is 0 Å². The van der Waals surface area contributed by atoms with Crippen molar-refractivity contribution in [1.29, 1.82) is 0 Å². The van der Waals surface area contributed by atoms with E-state index in [1.54, 1.807) is 0 Å². The van der Waals surface area contributed by atoms with Crippen LogP contribution in [-0.4, -0.2) is 18.3 Å². The topological polar surface area (TPSA) is 61.8 Å². The zero-order chi connectivity index (χ0) is 19.3. The zero-order valence-electron chi connectivity index (χ0n) is 14.9. The molecule has 0 bridgehead atoms. The van der Waals surface area contributed by atoms with Gasteiger partial charge in [0.05, 0.1) is 5.69 Å². The first-order chi connectivity index (χ1) is 12.4. The largest absolute Gasteiger partial charge is 0.489 e. The van der Waals surface area contributed by atoms with Crippen molar-refractivity contribution in [3.05, 3.63) is 58.7 Å². The number of urea groups is 1. The molecule has 2 amide bonds. The van der Waals surface area contributed by atoms with Crippen LogP contribution in [-0.2, 0) is 13.0 Å². The van der Waals surface area contributed by atoms with Gasteiger partial charge in [-0.15, -0.1) is 0 Å². The minimum atomic E-state index is -2.72. The summed E-state index contributed by atoms with van der Waals surface area (Å²) in [5, 5.41) is 12.6. The molecule has 5 nitrogen and oxygen atoms in total. The summed E-state index contributed by atoms with van der Waals surface area (Å²) in [6.07, 6.45) is -1.81. The first kappa shape index (κ1) is 19.7. The maximum absolute atomic E-state index is 13.0. The maximum atomic E-state index is 13.0. The molecule has 2 N–H and O–H groups in total. The van der Waals surface area contributed by atoms with E-state index in [2.05, 4.69) is 12.2 Å². The van der Waals surface area contributed by atoms with Crippen LogP contribution in [0.5, 0.6) is 5.75 Å². The number of hydroxylamine groups is 1. The molecule has 140 valence electrons. The molecule has 0 aliphatic rings. The van der Waals surface area contributed by atoms with Crippen LogP contribution in [0.4, 0.5) is 19.3 Å². The fraction of sp³-hybridized carbons (Fsp3) is 0.316. The second-order valence-electron chi connectivity index (χ2n) is 5.80. The first-order valence-corrected chi connectivity index (χ1v) is 8.21. The highest BCUT2D eigenvalue weighted by molar-refractivity contribution is 5.90. The third kappa shape index (κ3) is 4.49. The van der Waals surface area contributed by atoms with E-state index < -0.39 is 12.5 Å². The van der Waals surface area contributed by atoms with Crippen molar-refractivity contribution in [3.63, 3.8) is 0 Å². The van der Waals surface area contributed by atoms with E-state index in [-0.39, 0.29) is 17.9 Å². The summed E-state index contributed by atoms with van der Waals surface area (Å²) in [4.78, 5) is 11.7. The van der Waals surface area contributed by atoms with Gasteiger partial charge in [-0.25, -0.2) is 13.6 Å². The number of benzene rings is 2. The third-order valence-electron chi connectivity index (χ3n) is 4.03. The van der Waals surface area contributed by atoms with E-state index in [0.717, 1.165) is 18.1 Å². The summed E-state index contributed by atoms with van der Waals surface area (Å²) >= 11 is 0. The van der Waals surface area contributed by atoms with Gasteiger partial charge in [0, 0.05) is 18.2 Å². The molecule has 26 heavy (non-hydrogen) atoms. The highest BCUT2D eigenvalue weighted by Gasteiger charge is 2.19.